The molecule has 0 aromatic carbocycles. The van der Waals surface area contributed by atoms with Gasteiger partial charge < -0.3 is 5.32 Å². The summed E-state index contributed by atoms with van der Waals surface area (Å²) >= 11 is 0. The zero-order valence-corrected chi connectivity index (χ0v) is 12.1. The summed E-state index contributed by atoms with van der Waals surface area (Å²) in [7, 11) is 2.03. The van der Waals surface area contributed by atoms with E-state index < -0.39 is 0 Å². The Hall–Kier alpha value is -0.870. The minimum Gasteiger partial charge on any atom is -0.313 e. The zero-order chi connectivity index (χ0) is 13.1. The number of hydrogen-bond donors (Lipinski definition) is 1. The van der Waals surface area contributed by atoms with E-state index in [4.69, 9.17) is 0 Å². The quantitative estimate of drug-likeness (QED) is 0.867. The molecule has 0 radical (unpaired) electrons. The lowest BCUT2D eigenvalue weighted by atomic mass is 10.1. The van der Waals surface area contributed by atoms with Crippen LogP contribution in [-0.2, 0) is 7.05 Å². The topological polar surface area (TPSA) is 33.1 Å². The molecule has 4 nitrogen and oxygen atoms in total. The minimum absolute atomic E-state index is 0.417. The molecule has 1 N–H and O–H groups in total. The molecule has 2 atom stereocenters. The van der Waals surface area contributed by atoms with Crippen LogP contribution in [0.15, 0.2) is 12.3 Å². The van der Waals surface area contributed by atoms with Crippen LogP contribution in [0.5, 0.6) is 0 Å². The molecule has 1 aromatic heterocycles. The molecule has 0 amide bonds. The first-order valence-electron chi connectivity index (χ1n) is 7.06. The Morgan fingerprint density at radius 1 is 1.50 bits per heavy atom. The number of hydrogen-bond acceptors (Lipinski definition) is 3. The average molecular weight is 250 g/mol. The van der Waals surface area contributed by atoms with Crippen molar-refractivity contribution in [1.29, 1.82) is 0 Å². The molecule has 0 aliphatic carbocycles. The van der Waals surface area contributed by atoms with Gasteiger partial charge >= 0.3 is 0 Å². The van der Waals surface area contributed by atoms with E-state index >= 15 is 0 Å². The highest BCUT2D eigenvalue weighted by atomic mass is 15.3. The van der Waals surface area contributed by atoms with Gasteiger partial charge in [-0.05, 0) is 46.2 Å². The molecule has 1 aliphatic rings. The van der Waals surface area contributed by atoms with Gasteiger partial charge in [-0.3, -0.25) is 9.58 Å². The summed E-state index contributed by atoms with van der Waals surface area (Å²) in [6.07, 6.45) is 4.51. The predicted molar refractivity (Wildman–Crippen MR) is 74.5 cm³/mol. The summed E-state index contributed by atoms with van der Waals surface area (Å²) < 4.78 is 1.99. The van der Waals surface area contributed by atoms with Crippen molar-refractivity contribution in [2.24, 2.45) is 7.05 Å². The van der Waals surface area contributed by atoms with Crippen LogP contribution in [0.1, 0.15) is 45.3 Å². The van der Waals surface area contributed by atoms with Crippen LogP contribution in [0.4, 0.5) is 0 Å². The lowest BCUT2D eigenvalue weighted by Crippen LogP contribution is -2.43. The van der Waals surface area contributed by atoms with Gasteiger partial charge in [-0.15, -0.1) is 0 Å². The molecule has 0 spiro atoms. The van der Waals surface area contributed by atoms with E-state index in [-0.39, 0.29) is 0 Å². The zero-order valence-electron chi connectivity index (χ0n) is 12.1. The first-order valence-corrected chi connectivity index (χ1v) is 7.06. The SMILES string of the molecule is CC(C)N(CC1CCCN1)C(C)c1ccnn1C. The third-order valence-electron chi connectivity index (χ3n) is 4.04. The van der Waals surface area contributed by atoms with E-state index in [0.29, 0.717) is 18.1 Å². The second-order valence-electron chi connectivity index (χ2n) is 5.64. The van der Waals surface area contributed by atoms with Crippen LogP contribution < -0.4 is 5.32 Å². The number of nitrogens with one attached hydrogen (secondary N) is 1. The molecule has 0 bridgehead atoms. The molecule has 102 valence electrons. The van der Waals surface area contributed by atoms with Crippen LogP contribution >= 0.6 is 0 Å². The van der Waals surface area contributed by atoms with Crippen LogP contribution in [0.25, 0.3) is 0 Å². The molecule has 2 rings (SSSR count). The van der Waals surface area contributed by atoms with E-state index in [1.807, 2.05) is 17.9 Å². The van der Waals surface area contributed by atoms with Crippen LogP contribution in [0.3, 0.4) is 0 Å². The molecule has 1 aromatic rings. The fourth-order valence-corrected chi connectivity index (χ4v) is 2.95. The van der Waals surface area contributed by atoms with E-state index in [1.165, 1.54) is 25.1 Å². The van der Waals surface area contributed by atoms with Crippen LogP contribution in [0.2, 0.25) is 0 Å². The molecule has 18 heavy (non-hydrogen) atoms. The number of rotatable bonds is 5. The molecule has 1 aliphatic heterocycles. The highest BCUT2D eigenvalue weighted by Crippen LogP contribution is 2.23. The Kier molecular flexibility index (Phi) is 4.40. The van der Waals surface area contributed by atoms with E-state index in [9.17, 15) is 0 Å². The number of aromatic nitrogens is 2. The maximum atomic E-state index is 4.29. The molecule has 0 saturated carbocycles. The van der Waals surface area contributed by atoms with Gasteiger partial charge in [-0.2, -0.15) is 5.10 Å². The Labute approximate surface area is 110 Å². The number of nitrogens with zero attached hydrogens (tertiary/aromatic N) is 3. The molecule has 2 unspecified atom stereocenters. The molecular weight excluding hydrogens is 224 g/mol. The van der Waals surface area contributed by atoms with E-state index in [1.54, 1.807) is 0 Å². The van der Waals surface area contributed by atoms with Gasteiger partial charge in [0.15, 0.2) is 0 Å². The third-order valence-corrected chi connectivity index (χ3v) is 4.04. The van der Waals surface area contributed by atoms with E-state index in [0.717, 1.165) is 6.54 Å². The van der Waals surface area contributed by atoms with Gasteiger partial charge in [0.1, 0.15) is 0 Å². The molecule has 4 heteroatoms. The van der Waals surface area contributed by atoms with Gasteiger partial charge in [0, 0.05) is 37.9 Å². The van der Waals surface area contributed by atoms with Crippen molar-refractivity contribution in [2.45, 2.75) is 51.7 Å². The van der Waals surface area contributed by atoms with Crippen molar-refractivity contribution in [1.82, 2.24) is 20.0 Å². The fourth-order valence-electron chi connectivity index (χ4n) is 2.95. The smallest absolute Gasteiger partial charge is 0.0549 e. The standard InChI is InChI=1S/C14H26N4/c1-11(2)18(10-13-6-5-8-15-13)12(3)14-7-9-16-17(14)4/h7,9,11-13,15H,5-6,8,10H2,1-4H3. The third kappa shape index (κ3) is 2.93. The van der Waals surface area contributed by atoms with Crippen LogP contribution in [0, 0.1) is 0 Å². The summed E-state index contributed by atoms with van der Waals surface area (Å²) in [5, 5.41) is 7.88. The normalized spacial score (nSPS) is 22.0. The molecule has 2 heterocycles. The highest BCUT2D eigenvalue weighted by molar-refractivity contribution is 5.06. The lowest BCUT2D eigenvalue weighted by molar-refractivity contribution is 0.144. The van der Waals surface area contributed by atoms with Crippen LogP contribution in [-0.4, -0.2) is 39.9 Å². The summed E-state index contributed by atoms with van der Waals surface area (Å²) in [6.45, 7) is 9.15. The van der Waals surface area contributed by atoms with Gasteiger partial charge in [-0.1, -0.05) is 0 Å². The van der Waals surface area contributed by atoms with Crippen molar-refractivity contribution in [3.05, 3.63) is 18.0 Å². The summed E-state index contributed by atoms with van der Waals surface area (Å²) in [5.74, 6) is 0. The highest BCUT2D eigenvalue weighted by Gasteiger charge is 2.25. The van der Waals surface area contributed by atoms with Gasteiger partial charge in [0.2, 0.25) is 0 Å². The second kappa shape index (κ2) is 5.85. The molecular formula is C14H26N4. The summed E-state index contributed by atoms with van der Waals surface area (Å²) in [4.78, 5) is 2.57. The summed E-state index contributed by atoms with van der Waals surface area (Å²) in [6, 6.07) is 3.75. The summed E-state index contributed by atoms with van der Waals surface area (Å²) in [5.41, 5.74) is 1.29. The van der Waals surface area contributed by atoms with Gasteiger partial charge in [0.25, 0.3) is 0 Å². The molecule has 1 saturated heterocycles. The van der Waals surface area contributed by atoms with Crippen molar-refractivity contribution < 1.29 is 0 Å². The maximum Gasteiger partial charge on any atom is 0.0549 e. The Bertz CT molecular complexity index is 366. The first kappa shape index (κ1) is 13.6. The maximum absolute atomic E-state index is 4.29. The first-order chi connectivity index (χ1) is 8.59. The van der Waals surface area contributed by atoms with E-state index in [2.05, 4.69) is 42.2 Å². The minimum atomic E-state index is 0.417. The second-order valence-corrected chi connectivity index (χ2v) is 5.64. The molecule has 1 fully saturated rings. The fraction of sp³-hybridized carbons (Fsp3) is 0.786. The largest absolute Gasteiger partial charge is 0.313 e. The Morgan fingerprint density at radius 3 is 2.78 bits per heavy atom. The monoisotopic (exact) mass is 250 g/mol. The Morgan fingerprint density at radius 2 is 2.28 bits per heavy atom. The average Bonchev–Trinajstić information content (AvgIpc) is 2.95. The van der Waals surface area contributed by atoms with Crippen molar-refractivity contribution in [3.8, 4) is 0 Å². The number of aryl methyl sites for hydroxylation is 1. The lowest BCUT2D eigenvalue weighted by Gasteiger charge is -2.34. The van der Waals surface area contributed by atoms with Crippen molar-refractivity contribution >= 4 is 0 Å². The van der Waals surface area contributed by atoms with Crippen molar-refractivity contribution in [2.75, 3.05) is 13.1 Å². The van der Waals surface area contributed by atoms with Gasteiger partial charge in [0.05, 0.1) is 5.69 Å². The Balaban J connectivity index is 2.07. The van der Waals surface area contributed by atoms with Crippen molar-refractivity contribution in [3.63, 3.8) is 0 Å². The predicted octanol–water partition coefficient (Wildman–Crippen LogP) is 1.94. The van der Waals surface area contributed by atoms with Gasteiger partial charge in [-0.25, -0.2) is 0 Å².